The minimum Gasteiger partial charge on any atom is -0.376 e. The highest BCUT2D eigenvalue weighted by atomic mass is 16.5. The first-order valence-corrected chi connectivity index (χ1v) is 9.90. The molecule has 0 aromatic heterocycles. The van der Waals surface area contributed by atoms with E-state index in [0.717, 1.165) is 58.5 Å². The second-order valence-electron chi connectivity index (χ2n) is 8.01. The van der Waals surface area contributed by atoms with Crippen molar-refractivity contribution < 1.29 is 9.53 Å². The third-order valence-electron chi connectivity index (χ3n) is 6.32. The van der Waals surface area contributed by atoms with E-state index in [1.54, 1.807) is 0 Å². The first-order valence-electron chi connectivity index (χ1n) is 9.90. The Bertz CT molecular complexity index is 577. The van der Waals surface area contributed by atoms with Crippen LogP contribution in [-0.2, 0) is 9.53 Å². The van der Waals surface area contributed by atoms with Gasteiger partial charge in [-0.15, -0.1) is 0 Å². The fourth-order valence-corrected chi connectivity index (χ4v) is 4.70. The Morgan fingerprint density at radius 2 is 1.80 bits per heavy atom. The second kappa shape index (κ2) is 7.46. The van der Waals surface area contributed by atoms with Crippen molar-refractivity contribution in [1.82, 2.24) is 9.80 Å². The van der Waals surface area contributed by atoms with Gasteiger partial charge in [0.1, 0.15) is 0 Å². The SMILES string of the molecule is C[C@@H]1CN(C2CCN(C(=O)C3CC(c4ccccc4)C3)CC2)CCO1. The molecule has 2 aliphatic heterocycles. The molecule has 0 radical (unpaired) electrons. The van der Waals surface area contributed by atoms with Gasteiger partial charge in [0.25, 0.3) is 0 Å². The number of morpholine rings is 1. The summed E-state index contributed by atoms with van der Waals surface area (Å²) in [5.74, 6) is 1.24. The van der Waals surface area contributed by atoms with E-state index >= 15 is 0 Å². The molecule has 2 saturated heterocycles. The molecule has 1 atom stereocenters. The topological polar surface area (TPSA) is 32.8 Å². The molecular formula is C21H30N2O2. The van der Waals surface area contributed by atoms with E-state index < -0.39 is 0 Å². The molecule has 25 heavy (non-hydrogen) atoms. The lowest BCUT2D eigenvalue weighted by molar-refractivity contribution is -0.141. The molecule has 3 aliphatic rings. The number of carbonyl (C=O) groups is 1. The van der Waals surface area contributed by atoms with Crippen LogP contribution < -0.4 is 0 Å². The molecule has 0 spiro atoms. The van der Waals surface area contributed by atoms with Crippen LogP contribution in [0.3, 0.4) is 0 Å². The number of amides is 1. The standard InChI is InChI=1S/C21H30N2O2/c1-16-15-23(11-12-25-16)20-7-9-22(10-8-20)21(24)19-13-18(14-19)17-5-3-2-4-6-17/h2-6,16,18-20H,7-15H2,1H3/t16-,18?,19?/m1/s1. The number of hydrogen-bond donors (Lipinski definition) is 0. The van der Waals surface area contributed by atoms with Crippen molar-refractivity contribution in [3.8, 4) is 0 Å². The number of ether oxygens (including phenoxy) is 1. The molecule has 136 valence electrons. The van der Waals surface area contributed by atoms with Crippen molar-refractivity contribution in [2.24, 2.45) is 5.92 Å². The fourth-order valence-electron chi connectivity index (χ4n) is 4.70. The van der Waals surface area contributed by atoms with Crippen LogP contribution in [0.4, 0.5) is 0 Å². The van der Waals surface area contributed by atoms with Gasteiger partial charge in [0.15, 0.2) is 0 Å². The molecule has 4 nitrogen and oxygen atoms in total. The predicted octanol–water partition coefficient (Wildman–Crippen LogP) is 2.89. The largest absolute Gasteiger partial charge is 0.376 e. The number of benzene rings is 1. The Morgan fingerprint density at radius 3 is 2.48 bits per heavy atom. The summed E-state index contributed by atoms with van der Waals surface area (Å²) >= 11 is 0. The van der Waals surface area contributed by atoms with E-state index in [1.165, 1.54) is 5.56 Å². The van der Waals surface area contributed by atoms with E-state index in [4.69, 9.17) is 4.74 Å². The van der Waals surface area contributed by atoms with E-state index in [9.17, 15) is 4.79 Å². The third-order valence-corrected chi connectivity index (χ3v) is 6.32. The van der Waals surface area contributed by atoms with E-state index in [2.05, 4.69) is 47.1 Å². The molecular weight excluding hydrogens is 312 g/mol. The molecule has 1 aliphatic carbocycles. The second-order valence-corrected chi connectivity index (χ2v) is 8.01. The van der Waals surface area contributed by atoms with Gasteiger partial charge in [0.2, 0.25) is 5.91 Å². The first-order chi connectivity index (χ1) is 12.2. The Balaban J connectivity index is 1.24. The number of rotatable bonds is 3. The van der Waals surface area contributed by atoms with Gasteiger partial charge in [-0.2, -0.15) is 0 Å². The van der Waals surface area contributed by atoms with Gasteiger partial charge < -0.3 is 9.64 Å². The minimum atomic E-state index is 0.255. The molecule has 2 heterocycles. The Labute approximate surface area is 151 Å². The zero-order chi connectivity index (χ0) is 17.2. The lowest BCUT2D eigenvalue weighted by atomic mass is 9.70. The van der Waals surface area contributed by atoms with Gasteiger partial charge in [-0.1, -0.05) is 30.3 Å². The molecule has 3 fully saturated rings. The van der Waals surface area contributed by atoms with Crippen molar-refractivity contribution in [2.45, 2.75) is 50.7 Å². The van der Waals surface area contributed by atoms with Crippen LogP contribution in [0.25, 0.3) is 0 Å². The van der Waals surface area contributed by atoms with E-state index in [1.807, 2.05) is 0 Å². The number of carbonyl (C=O) groups excluding carboxylic acids is 1. The predicted molar refractivity (Wildman–Crippen MR) is 98.5 cm³/mol. The number of piperidine rings is 1. The Hall–Kier alpha value is -1.39. The summed E-state index contributed by atoms with van der Waals surface area (Å²) in [5, 5.41) is 0. The zero-order valence-corrected chi connectivity index (χ0v) is 15.3. The lowest BCUT2D eigenvalue weighted by Crippen LogP contribution is -2.53. The normalized spacial score (nSPS) is 31.6. The fraction of sp³-hybridized carbons (Fsp3) is 0.667. The summed E-state index contributed by atoms with van der Waals surface area (Å²) in [7, 11) is 0. The van der Waals surface area contributed by atoms with Crippen molar-refractivity contribution in [3.05, 3.63) is 35.9 Å². The highest BCUT2D eigenvalue weighted by Gasteiger charge is 2.39. The maximum Gasteiger partial charge on any atom is 0.225 e. The third kappa shape index (κ3) is 3.75. The average molecular weight is 342 g/mol. The first kappa shape index (κ1) is 17.0. The quantitative estimate of drug-likeness (QED) is 0.847. The number of likely N-dealkylation sites (tertiary alicyclic amines) is 1. The van der Waals surface area contributed by atoms with Gasteiger partial charge in [0.05, 0.1) is 12.7 Å². The molecule has 1 aromatic carbocycles. The highest BCUT2D eigenvalue weighted by Crippen LogP contribution is 2.42. The molecule has 0 N–H and O–H groups in total. The maximum atomic E-state index is 12.8. The zero-order valence-electron chi connectivity index (χ0n) is 15.3. The molecule has 1 saturated carbocycles. The summed E-state index contributed by atoms with van der Waals surface area (Å²) < 4.78 is 5.65. The van der Waals surface area contributed by atoms with Crippen molar-refractivity contribution in [1.29, 1.82) is 0 Å². The van der Waals surface area contributed by atoms with E-state index in [-0.39, 0.29) is 5.92 Å². The molecule has 0 bridgehead atoms. The Morgan fingerprint density at radius 1 is 1.08 bits per heavy atom. The summed E-state index contributed by atoms with van der Waals surface area (Å²) in [6, 6.07) is 11.3. The van der Waals surface area contributed by atoms with Crippen LogP contribution >= 0.6 is 0 Å². The minimum absolute atomic E-state index is 0.255. The number of hydrogen-bond acceptors (Lipinski definition) is 3. The summed E-state index contributed by atoms with van der Waals surface area (Å²) in [6.45, 7) is 6.96. The van der Waals surface area contributed by atoms with Crippen LogP contribution in [0.1, 0.15) is 44.1 Å². The van der Waals surface area contributed by atoms with Crippen molar-refractivity contribution in [2.75, 3.05) is 32.8 Å². The summed E-state index contributed by atoms with van der Waals surface area (Å²) in [4.78, 5) is 17.5. The summed E-state index contributed by atoms with van der Waals surface area (Å²) in [5.41, 5.74) is 1.40. The smallest absolute Gasteiger partial charge is 0.225 e. The van der Waals surface area contributed by atoms with Crippen LogP contribution in [0.15, 0.2) is 30.3 Å². The molecule has 4 heteroatoms. The molecule has 1 amide bonds. The monoisotopic (exact) mass is 342 g/mol. The van der Waals surface area contributed by atoms with Crippen LogP contribution in [0.5, 0.6) is 0 Å². The molecule has 0 unspecified atom stereocenters. The van der Waals surface area contributed by atoms with Crippen molar-refractivity contribution in [3.63, 3.8) is 0 Å². The van der Waals surface area contributed by atoms with Crippen LogP contribution in [-0.4, -0.2) is 60.6 Å². The maximum absolute atomic E-state index is 12.8. The highest BCUT2D eigenvalue weighted by molar-refractivity contribution is 5.80. The average Bonchev–Trinajstić information content (AvgIpc) is 2.61. The number of nitrogens with zero attached hydrogens (tertiary/aromatic N) is 2. The molecule has 1 aromatic rings. The molecule has 4 rings (SSSR count). The van der Waals surface area contributed by atoms with Gasteiger partial charge in [-0.25, -0.2) is 0 Å². The van der Waals surface area contributed by atoms with E-state index in [0.29, 0.717) is 24.0 Å². The van der Waals surface area contributed by atoms with Gasteiger partial charge in [-0.3, -0.25) is 9.69 Å². The lowest BCUT2D eigenvalue weighted by Gasteiger charge is -2.44. The van der Waals surface area contributed by atoms with Gasteiger partial charge >= 0.3 is 0 Å². The van der Waals surface area contributed by atoms with Gasteiger partial charge in [0, 0.05) is 38.1 Å². The van der Waals surface area contributed by atoms with Crippen LogP contribution in [0, 0.1) is 5.92 Å². The van der Waals surface area contributed by atoms with Crippen molar-refractivity contribution >= 4 is 5.91 Å². The van der Waals surface area contributed by atoms with Crippen LogP contribution in [0.2, 0.25) is 0 Å². The summed E-state index contributed by atoms with van der Waals surface area (Å²) in [6.07, 6.45) is 4.65. The Kier molecular flexibility index (Phi) is 5.09. The van der Waals surface area contributed by atoms with Gasteiger partial charge in [-0.05, 0) is 44.1 Å².